The van der Waals surface area contributed by atoms with Gasteiger partial charge in [-0.1, -0.05) is 12.2 Å². The molecule has 0 saturated carbocycles. The standard InChI is InChI=1S/C16H27IO6S/c17-24-21-12-11-19-8-7-18-9-10-20-13-16-22-14-5-3-1-2-4-6-15(14)23-16/h1-2,14-16H,3-13H2/b2-1+/t14-,15+,16-. The highest BCUT2D eigenvalue weighted by molar-refractivity contribution is 14.2. The van der Waals surface area contributed by atoms with Crippen LogP contribution in [0.3, 0.4) is 0 Å². The fourth-order valence-electron chi connectivity index (χ4n) is 2.68. The number of rotatable bonds is 12. The predicted molar refractivity (Wildman–Crippen MR) is 101 cm³/mol. The molecule has 0 spiro atoms. The molecule has 1 aliphatic heterocycles. The van der Waals surface area contributed by atoms with Gasteiger partial charge in [0.05, 0.1) is 67.7 Å². The van der Waals surface area contributed by atoms with E-state index in [1.54, 1.807) is 0 Å². The van der Waals surface area contributed by atoms with Gasteiger partial charge in [0.2, 0.25) is 0 Å². The molecule has 0 unspecified atom stereocenters. The summed E-state index contributed by atoms with van der Waals surface area (Å²) in [7, 11) is 1.32. The molecule has 0 amide bonds. The maximum absolute atomic E-state index is 5.94. The highest BCUT2D eigenvalue weighted by atomic mass is 127. The van der Waals surface area contributed by atoms with Crippen molar-refractivity contribution in [2.75, 3.05) is 46.2 Å². The van der Waals surface area contributed by atoms with Crippen LogP contribution in [-0.4, -0.2) is 64.7 Å². The number of ether oxygens (including phenoxy) is 5. The van der Waals surface area contributed by atoms with Crippen LogP contribution in [0.15, 0.2) is 12.2 Å². The molecule has 2 aliphatic rings. The third-order valence-electron chi connectivity index (χ3n) is 3.82. The summed E-state index contributed by atoms with van der Waals surface area (Å²) >= 11 is 2.08. The third-order valence-corrected chi connectivity index (χ3v) is 4.84. The van der Waals surface area contributed by atoms with Crippen LogP contribution >= 0.6 is 30.4 Å². The number of fused-ring (bicyclic) bond motifs is 1. The van der Waals surface area contributed by atoms with Crippen molar-refractivity contribution in [3.8, 4) is 0 Å². The normalized spacial score (nSPS) is 28.3. The minimum atomic E-state index is -0.239. The first kappa shape index (κ1) is 20.9. The quantitative estimate of drug-likeness (QED) is 0.186. The van der Waals surface area contributed by atoms with Gasteiger partial charge in [-0.3, -0.25) is 0 Å². The molecule has 0 aromatic carbocycles. The van der Waals surface area contributed by atoms with Crippen molar-refractivity contribution in [2.24, 2.45) is 0 Å². The van der Waals surface area contributed by atoms with Crippen molar-refractivity contribution in [1.29, 1.82) is 0 Å². The fourth-order valence-corrected chi connectivity index (χ4v) is 3.35. The first-order valence-electron chi connectivity index (χ1n) is 8.49. The fraction of sp³-hybridized carbons (Fsp3) is 0.875. The molecule has 1 fully saturated rings. The SMILES string of the molecule is ISOCCOCCOCCOC[C@H]1O[C@H]2CC/C=C/CC[C@H]2O1. The topological polar surface area (TPSA) is 55.4 Å². The average molecular weight is 474 g/mol. The Balaban J connectivity index is 1.40. The minimum absolute atomic E-state index is 0.214. The second-order valence-electron chi connectivity index (χ2n) is 5.59. The Morgan fingerprint density at radius 1 is 0.833 bits per heavy atom. The van der Waals surface area contributed by atoms with E-state index in [-0.39, 0.29) is 18.5 Å². The Labute approximate surface area is 160 Å². The zero-order valence-corrected chi connectivity index (χ0v) is 16.9. The van der Waals surface area contributed by atoms with Crippen molar-refractivity contribution in [1.82, 2.24) is 0 Å². The molecule has 3 atom stereocenters. The zero-order valence-electron chi connectivity index (χ0n) is 13.9. The zero-order chi connectivity index (χ0) is 16.9. The largest absolute Gasteiger partial charge is 0.377 e. The van der Waals surface area contributed by atoms with Gasteiger partial charge in [0.1, 0.15) is 0 Å². The summed E-state index contributed by atoms with van der Waals surface area (Å²) in [6.07, 6.45) is 8.86. The molecule has 24 heavy (non-hydrogen) atoms. The van der Waals surface area contributed by atoms with Gasteiger partial charge in [-0.05, 0) is 25.7 Å². The van der Waals surface area contributed by atoms with E-state index >= 15 is 0 Å². The van der Waals surface area contributed by atoms with Gasteiger partial charge in [0.15, 0.2) is 6.29 Å². The number of allylic oxidation sites excluding steroid dienone is 2. The summed E-state index contributed by atoms with van der Waals surface area (Å²) in [5.74, 6) is 0. The van der Waals surface area contributed by atoms with E-state index < -0.39 is 0 Å². The van der Waals surface area contributed by atoms with Crippen molar-refractivity contribution >= 4 is 30.4 Å². The Hall–Kier alpha value is 0.580. The van der Waals surface area contributed by atoms with Gasteiger partial charge in [-0.15, -0.1) is 0 Å². The van der Waals surface area contributed by atoms with Gasteiger partial charge in [-0.25, -0.2) is 0 Å². The molecule has 0 N–H and O–H groups in total. The lowest BCUT2D eigenvalue weighted by atomic mass is 10.0. The Morgan fingerprint density at radius 2 is 1.38 bits per heavy atom. The van der Waals surface area contributed by atoms with E-state index in [4.69, 9.17) is 27.9 Å². The molecular weight excluding hydrogens is 447 g/mol. The molecule has 1 heterocycles. The molecule has 1 aliphatic carbocycles. The molecule has 0 aromatic rings. The van der Waals surface area contributed by atoms with Crippen molar-refractivity contribution in [2.45, 2.75) is 44.2 Å². The molecule has 0 radical (unpaired) electrons. The lowest BCUT2D eigenvalue weighted by Crippen LogP contribution is -2.22. The predicted octanol–water partition coefficient (Wildman–Crippen LogP) is 3.29. The van der Waals surface area contributed by atoms with E-state index in [9.17, 15) is 0 Å². The highest BCUT2D eigenvalue weighted by Crippen LogP contribution is 2.28. The van der Waals surface area contributed by atoms with E-state index in [1.165, 1.54) is 9.21 Å². The van der Waals surface area contributed by atoms with E-state index in [2.05, 4.69) is 33.4 Å². The molecule has 6 nitrogen and oxygen atoms in total. The minimum Gasteiger partial charge on any atom is -0.377 e. The summed E-state index contributed by atoms with van der Waals surface area (Å²) in [6, 6.07) is 0. The van der Waals surface area contributed by atoms with Crippen LogP contribution in [0.4, 0.5) is 0 Å². The Kier molecular flexibility index (Phi) is 12.0. The van der Waals surface area contributed by atoms with Crippen LogP contribution < -0.4 is 0 Å². The summed E-state index contributed by atoms with van der Waals surface area (Å²) in [5, 5.41) is 0. The summed E-state index contributed by atoms with van der Waals surface area (Å²) < 4.78 is 33.3. The van der Waals surface area contributed by atoms with Gasteiger partial charge in [0, 0.05) is 21.2 Å². The maximum Gasteiger partial charge on any atom is 0.181 e. The number of halogens is 1. The third kappa shape index (κ3) is 8.79. The van der Waals surface area contributed by atoms with Crippen molar-refractivity contribution < 1.29 is 27.9 Å². The molecule has 0 aromatic heterocycles. The number of hydrogen-bond donors (Lipinski definition) is 0. The second kappa shape index (κ2) is 13.7. The highest BCUT2D eigenvalue weighted by Gasteiger charge is 2.35. The number of hydrogen-bond acceptors (Lipinski definition) is 7. The molecular formula is C16H27IO6S. The first-order chi connectivity index (χ1) is 11.9. The van der Waals surface area contributed by atoms with Crippen LogP contribution in [0.1, 0.15) is 25.7 Å². The Bertz CT molecular complexity index is 329. The van der Waals surface area contributed by atoms with Crippen LogP contribution in [-0.2, 0) is 27.9 Å². The first-order valence-corrected chi connectivity index (χ1v) is 11.8. The van der Waals surface area contributed by atoms with E-state index in [0.29, 0.717) is 46.2 Å². The maximum atomic E-state index is 5.94. The second-order valence-corrected chi connectivity index (χ2v) is 7.03. The molecule has 0 bridgehead atoms. The van der Waals surface area contributed by atoms with Gasteiger partial charge in [-0.2, -0.15) is 0 Å². The van der Waals surface area contributed by atoms with E-state index in [1.807, 2.05) is 0 Å². The summed E-state index contributed by atoms with van der Waals surface area (Å²) in [6.45, 7) is 3.86. The van der Waals surface area contributed by atoms with Crippen LogP contribution in [0, 0.1) is 0 Å². The van der Waals surface area contributed by atoms with Crippen LogP contribution in [0.5, 0.6) is 0 Å². The van der Waals surface area contributed by atoms with Crippen LogP contribution in [0.25, 0.3) is 0 Å². The molecule has 1 saturated heterocycles. The van der Waals surface area contributed by atoms with E-state index in [0.717, 1.165) is 25.7 Å². The summed E-state index contributed by atoms with van der Waals surface area (Å²) in [5.41, 5.74) is 0. The van der Waals surface area contributed by atoms with Gasteiger partial charge < -0.3 is 27.9 Å². The van der Waals surface area contributed by atoms with Crippen molar-refractivity contribution in [3.05, 3.63) is 12.2 Å². The van der Waals surface area contributed by atoms with Crippen LogP contribution in [0.2, 0.25) is 0 Å². The summed E-state index contributed by atoms with van der Waals surface area (Å²) in [4.78, 5) is 0. The average Bonchev–Trinajstić information content (AvgIpc) is 2.94. The van der Waals surface area contributed by atoms with Gasteiger partial charge in [0.25, 0.3) is 0 Å². The van der Waals surface area contributed by atoms with Crippen molar-refractivity contribution in [3.63, 3.8) is 0 Å². The monoisotopic (exact) mass is 474 g/mol. The molecule has 2 rings (SSSR count). The Morgan fingerprint density at radius 3 is 1.96 bits per heavy atom. The molecule has 140 valence electrons. The molecule has 8 heteroatoms. The lowest BCUT2D eigenvalue weighted by molar-refractivity contribution is -0.117. The lowest BCUT2D eigenvalue weighted by Gasteiger charge is -2.16. The smallest absolute Gasteiger partial charge is 0.181 e. The van der Waals surface area contributed by atoms with Gasteiger partial charge >= 0.3 is 0 Å².